The van der Waals surface area contributed by atoms with Crippen LogP contribution in [0.3, 0.4) is 0 Å². The third-order valence-corrected chi connectivity index (χ3v) is 7.62. The van der Waals surface area contributed by atoms with Crippen molar-refractivity contribution in [2.45, 2.75) is 10.1 Å². The summed E-state index contributed by atoms with van der Waals surface area (Å²) >= 11 is 1.29. The Hall–Kier alpha value is -2.03. The van der Waals surface area contributed by atoms with Gasteiger partial charge in [0.05, 0.1) is 6.20 Å². The maximum atomic E-state index is 12.7. The highest BCUT2D eigenvalue weighted by atomic mass is 32.2. The number of pyridine rings is 1. The van der Waals surface area contributed by atoms with E-state index in [2.05, 4.69) is 10.1 Å². The molecule has 3 aromatic rings. The standard InChI is InChI=1S/C16H16N4O2S2/c1-19-9-13(8-18-19)15-2-3-16(23-15)24(21,22)20-10-14(11-20)12-4-6-17-7-5-12/h2-9,14H,10-11H2,1H3. The van der Waals surface area contributed by atoms with Gasteiger partial charge in [0.1, 0.15) is 4.21 Å². The third-order valence-electron chi connectivity index (χ3n) is 4.19. The third kappa shape index (κ3) is 2.66. The fourth-order valence-corrected chi connectivity index (χ4v) is 5.74. The lowest BCUT2D eigenvalue weighted by Crippen LogP contribution is -2.48. The second-order valence-corrected chi connectivity index (χ2v) is 9.07. The molecule has 0 aliphatic carbocycles. The zero-order valence-corrected chi connectivity index (χ0v) is 14.7. The number of rotatable bonds is 4. The van der Waals surface area contributed by atoms with Crippen LogP contribution in [0.5, 0.6) is 0 Å². The summed E-state index contributed by atoms with van der Waals surface area (Å²) in [5.74, 6) is 0.250. The van der Waals surface area contributed by atoms with Crippen LogP contribution in [0, 0.1) is 0 Å². The SMILES string of the molecule is Cn1cc(-c2ccc(S(=O)(=O)N3CC(c4ccncc4)C3)s2)cn1. The van der Waals surface area contributed by atoms with Crippen LogP contribution in [-0.4, -0.2) is 40.6 Å². The Labute approximate surface area is 144 Å². The topological polar surface area (TPSA) is 68.1 Å². The molecule has 4 heterocycles. The minimum atomic E-state index is -3.41. The lowest BCUT2D eigenvalue weighted by molar-refractivity contribution is 0.264. The van der Waals surface area contributed by atoms with Crippen LogP contribution in [0.25, 0.3) is 10.4 Å². The molecule has 0 radical (unpaired) electrons. The van der Waals surface area contributed by atoms with Crippen LogP contribution in [0.4, 0.5) is 0 Å². The summed E-state index contributed by atoms with van der Waals surface area (Å²) in [7, 11) is -1.57. The highest BCUT2D eigenvalue weighted by Gasteiger charge is 2.38. The molecular formula is C16H16N4O2S2. The molecule has 1 aliphatic rings. The van der Waals surface area contributed by atoms with Crippen LogP contribution in [0.1, 0.15) is 11.5 Å². The molecule has 6 nitrogen and oxygen atoms in total. The second-order valence-electron chi connectivity index (χ2n) is 5.82. The molecule has 3 aromatic heterocycles. The average molecular weight is 360 g/mol. The van der Waals surface area contributed by atoms with Gasteiger partial charge in [0, 0.05) is 55.1 Å². The summed E-state index contributed by atoms with van der Waals surface area (Å²) < 4.78 is 29.1. The molecule has 0 saturated carbocycles. The second kappa shape index (κ2) is 5.80. The quantitative estimate of drug-likeness (QED) is 0.716. The van der Waals surface area contributed by atoms with Crippen molar-refractivity contribution in [3.05, 3.63) is 54.6 Å². The van der Waals surface area contributed by atoms with Gasteiger partial charge in [-0.2, -0.15) is 9.40 Å². The minimum absolute atomic E-state index is 0.250. The molecule has 0 spiro atoms. The number of aryl methyl sites for hydroxylation is 1. The average Bonchev–Trinajstić information content (AvgIpc) is 3.15. The molecule has 8 heteroatoms. The van der Waals surface area contributed by atoms with Gasteiger partial charge in [-0.3, -0.25) is 9.67 Å². The first-order valence-corrected chi connectivity index (χ1v) is 9.78. The lowest BCUT2D eigenvalue weighted by atomic mass is 9.95. The largest absolute Gasteiger partial charge is 0.275 e. The Balaban J connectivity index is 1.51. The molecule has 1 fully saturated rings. The van der Waals surface area contributed by atoms with E-state index in [1.807, 2.05) is 31.4 Å². The van der Waals surface area contributed by atoms with E-state index in [0.717, 1.165) is 16.0 Å². The first kappa shape index (κ1) is 15.5. The van der Waals surface area contributed by atoms with Gasteiger partial charge in [-0.05, 0) is 29.8 Å². The monoisotopic (exact) mass is 360 g/mol. The summed E-state index contributed by atoms with van der Waals surface area (Å²) in [6.45, 7) is 1.04. The number of aromatic nitrogens is 3. The molecule has 124 valence electrons. The number of sulfonamides is 1. The Morgan fingerprint density at radius 2 is 1.92 bits per heavy atom. The fourth-order valence-electron chi connectivity index (χ4n) is 2.77. The van der Waals surface area contributed by atoms with Crippen molar-refractivity contribution in [3.8, 4) is 10.4 Å². The number of hydrogen-bond acceptors (Lipinski definition) is 5. The van der Waals surface area contributed by atoms with Crippen molar-refractivity contribution >= 4 is 21.4 Å². The Morgan fingerprint density at radius 3 is 2.58 bits per heavy atom. The van der Waals surface area contributed by atoms with E-state index in [1.165, 1.54) is 15.6 Å². The van der Waals surface area contributed by atoms with E-state index in [-0.39, 0.29) is 5.92 Å². The van der Waals surface area contributed by atoms with Crippen molar-refractivity contribution in [1.29, 1.82) is 0 Å². The number of nitrogens with zero attached hydrogens (tertiary/aromatic N) is 4. The van der Waals surface area contributed by atoms with Gasteiger partial charge in [-0.15, -0.1) is 11.3 Å². The Bertz CT molecular complexity index is 957. The highest BCUT2D eigenvalue weighted by molar-refractivity contribution is 7.91. The number of thiophene rings is 1. The predicted molar refractivity (Wildman–Crippen MR) is 92.3 cm³/mol. The van der Waals surface area contributed by atoms with Crippen molar-refractivity contribution in [2.24, 2.45) is 7.05 Å². The van der Waals surface area contributed by atoms with Crippen molar-refractivity contribution in [2.75, 3.05) is 13.1 Å². The molecule has 0 N–H and O–H groups in total. The van der Waals surface area contributed by atoms with Crippen LogP contribution >= 0.6 is 11.3 Å². The Kier molecular flexibility index (Phi) is 3.75. The van der Waals surface area contributed by atoms with Gasteiger partial charge < -0.3 is 0 Å². The molecule has 0 bridgehead atoms. The van der Waals surface area contributed by atoms with Gasteiger partial charge in [0.15, 0.2) is 0 Å². The van der Waals surface area contributed by atoms with Crippen molar-refractivity contribution in [3.63, 3.8) is 0 Å². The maximum Gasteiger partial charge on any atom is 0.252 e. The van der Waals surface area contributed by atoms with E-state index >= 15 is 0 Å². The minimum Gasteiger partial charge on any atom is -0.275 e. The summed E-state index contributed by atoms with van der Waals surface area (Å²) in [5.41, 5.74) is 2.07. The van der Waals surface area contributed by atoms with Gasteiger partial charge in [0.2, 0.25) is 0 Å². The highest BCUT2D eigenvalue weighted by Crippen LogP contribution is 2.36. The molecule has 24 heavy (non-hydrogen) atoms. The zero-order chi connectivity index (χ0) is 16.7. The van der Waals surface area contributed by atoms with E-state index in [1.54, 1.807) is 29.3 Å². The molecule has 0 aromatic carbocycles. The molecule has 4 rings (SSSR count). The van der Waals surface area contributed by atoms with Crippen LogP contribution < -0.4 is 0 Å². The molecule has 1 saturated heterocycles. The molecule has 0 atom stereocenters. The molecule has 0 unspecified atom stereocenters. The van der Waals surface area contributed by atoms with E-state index in [4.69, 9.17) is 0 Å². The first-order valence-electron chi connectivity index (χ1n) is 7.53. The zero-order valence-electron chi connectivity index (χ0n) is 13.0. The molecule has 1 aliphatic heterocycles. The summed E-state index contributed by atoms with van der Waals surface area (Å²) in [6.07, 6.45) is 7.11. The predicted octanol–water partition coefficient (Wildman–Crippen LogP) is 2.33. The smallest absolute Gasteiger partial charge is 0.252 e. The number of hydrogen-bond donors (Lipinski definition) is 0. The van der Waals surface area contributed by atoms with Crippen LogP contribution in [-0.2, 0) is 17.1 Å². The fraction of sp³-hybridized carbons (Fsp3) is 0.250. The molecule has 0 amide bonds. The van der Waals surface area contributed by atoms with Gasteiger partial charge >= 0.3 is 0 Å². The van der Waals surface area contributed by atoms with Crippen molar-refractivity contribution in [1.82, 2.24) is 19.1 Å². The van der Waals surface area contributed by atoms with Gasteiger partial charge in [-0.1, -0.05) is 0 Å². The molecular weight excluding hydrogens is 344 g/mol. The summed E-state index contributed by atoms with van der Waals surface area (Å²) in [4.78, 5) is 4.91. The first-order chi connectivity index (χ1) is 11.5. The van der Waals surface area contributed by atoms with Crippen molar-refractivity contribution < 1.29 is 8.42 Å². The van der Waals surface area contributed by atoms with Gasteiger partial charge in [0.25, 0.3) is 10.0 Å². The van der Waals surface area contributed by atoms with Crippen LogP contribution in [0.2, 0.25) is 0 Å². The van der Waals surface area contributed by atoms with E-state index in [9.17, 15) is 8.42 Å². The van der Waals surface area contributed by atoms with Gasteiger partial charge in [-0.25, -0.2) is 8.42 Å². The Morgan fingerprint density at radius 1 is 1.17 bits per heavy atom. The van der Waals surface area contributed by atoms with E-state index < -0.39 is 10.0 Å². The summed E-state index contributed by atoms with van der Waals surface area (Å²) in [6, 6.07) is 7.41. The van der Waals surface area contributed by atoms with Crippen LogP contribution in [0.15, 0.2) is 53.3 Å². The van der Waals surface area contributed by atoms with E-state index in [0.29, 0.717) is 17.3 Å². The lowest BCUT2D eigenvalue weighted by Gasteiger charge is -2.37. The normalized spacial score (nSPS) is 16.2. The maximum absolute atomic E-state index is 12.7. The summed E-state index contributed by atoms with van der Waals surface area (Å²) in [5, 5.41) is 4.13.